The minimum atomic E-state index is -5.55. The molecule has 0 heterocycles. The number of carboxylic acid groups (broad SMARTS) is 2. The van der Waals surface area contributed by atoms with Gasteiger partial charge in [0.15, 0.2) is 5.60 Å². The third-order valence-electron chi connectivity index (χ3n) is 1.77. The Labute approximate surface area is 145 Å². The predicted molar refractivity (Wildman–Crippen MR) is 59.6 cm³/mol. The van der Waals surface area contributed by atoms with Crippen LogP contribution in [-0.4, -0.2) is 53.3 Å². The third kappa shape index (κ3) is 9.64. The zero-order valence-electron chi connectivity index (χ0n) is 11.8. The van der Waals surface area contributed by atoms with Crippen molar-refractivity contribution in [3.63, 3.8) is 0 Å². The van der Waals surface area contributed by atoms with Gasteiger partial charge in [-0.25, -0.2) is 13.9 Å². The Balaban J connectivity index is -0.00000200. The Morgan fingerprint density at radius 3 is 1.68 bits per heavy atom. The van der Waals surface area contributed by atoms with Gasteiger partial charge in [0, 0.05) is 0 Å². The van der Waals surface area contributed by atoms with Crippen molar-refractivity contribution >= 4 is 33.6 Å². The van der Waals surface area contributed by atoms with Gasteiger partial charge in [-0.15, -0.1) is 0 Å². The fourth-order valence-electron chi connectivity index (χ4n) is 1.19. The van der Waals surface area contributed by atoms with Crippen molar-refractivity contribution in [1.82, 2.24) is 0 Å². The number of phosphoric ester groups is 2. The van der Waals surface area contributed by atoms with Crippen LogP contribution in [0.5, 0.6) is 0 Å². The molecule has 22 heavy (non-hydrogen) atoms. The maximum atomic E-state index is 11.1. The van der Waals surface area contributed by atoms with Crippen molar-refractivity contribution in [1.29, 1.82) is 0 Å². The van der Waals surface area contributed by atoms with E-state index in [1.807, 2.05) is 0 Å². The number of rotatable bonds is 8. The summed E-state index contributed by atoms with van der Waals surface area (Å²) in [5, 5.41) is 17.4. The number of hydrogen-bond acceptors (Lipinski definition) is 7. The van der Waals surface area contributed by atoms with Gasteiger partial charge in [-0.1, -0.05) is 0 Å². The molecule has 0 aromatic heterocycles. The maximum absolute atomic E-state index is 11.1. The number of carbonyl (C=O) groups excluding carboxylic acids is 1. The minimum Gasteiger partial charge on any atom is -1.00 e. The van der Waals surface area contributed by atoms with Crippen molar-refractivity contribution in [2.45, 2.75) is 18.4 Å². The topological polar surface area (TPSA) is 225 Å². The van der Waals surface area contributed by atoms with E-state index >= 15 is 0 Å². The van der Waals surface area contributed by atoms with Crippen molar-refractivity contribution < 1.29 is 93.3 Å². The summed E-state index contributed by atoms with van der Waals surface area (Å²) < 4.78 is 28.4. The number of aliphatic carboxylic acids is 2. The molecule has 0 spiro atoms. The SMILES string of the molecule is O=C(O)CC(CC(=O)OP(=O)(O)O)(OP(=O)(O)O)C(=O)O.[H-].[Na+]. The number of carbonyl (C=O) groups is 3. The number of hydrogen-bond donors (Lipinski definition) is 6. The molecule has 1 atom stereocenters. The van der Waals surface area contributed by atoms with Crippen molar-refractivity contribution in [3.8, 4) is 0 Å². The van der Waals surface area contributed by atoms with Gasteiger partial charge in [0.2, 0.25) is 0 Å². The van der Waals surface area contributed by atoms with Gasteiger partial charge in [-0.3, -0.25) is 23.9 Å². The monoisotopic (exact) mass is 376 g/mol. The maximum Gasteiger partial charge on any atom is 1.00 e. The molecule has 0 aliphatic heterocycles. The molecule has 6 N–H and O–H groups in total. The van der Waals surface area contributed by atoms with Crippen LogP contribution in [-0.2, 0) is 32.6 Å². The van der Waals surface area contributed by atoms with Crippen LogP contribution in [0.15, 0.2) is 0 Å². The van der Waals surface area contributed by atoms with Crippen molar-refractivity contribution in [2.75, 3.05) is 0 Å². The van der Waals surface area contributed by atoms with Crippen molar-refractivity contribution in [2.24, 2.45) is 0 Å². The van der Waals surface area contributed by atoms with Gasteiger partial charge in [-0.2, -0.15) is 0 Å². The average Bonchev–Trinajstić information content (AvgIpc) is 2.08. The van der Waals surface area contributed by atoms with E-state index in [1.54, 1.807) is 0 Å². The molecule has 0 saturated heterocycles. The van der Waals surface area contributed by atoms with Crippen LogP contribution in [0.4, 0.5) is 0 Å². The molecule has 0 aliphatic carbocycles. The molecule has 1 unspecified atom stereocenters. The first-order valence-corrected chi connectivity index (χ1v) is 7.72. The summed E-state index contributed by atoms with van der Waals surface area (Å²) in [6, 6.07) is 0. The van der Waals surface area contributed by atoms with E-state index in [9.17, 15) is 23.5 Å². The Morgan fingerprint density at radius 1 is 0.955 bits per heavy atom. The second-order valence-corrected chi connectivity index (χ2v) is 5.91. The fourth-order valence-corrected chi connectivity index (χ4v) is 2.18. The molecule has 124 valence electrons. The van der Waals surface area contributed by atoms with Gasteiger partial charge < -0.3 is 26.0 Å². The van der Waals surface area contributed by atoms with Crippen LogP contribution >= 0.6 is 15.6 Å². The Morgan fingerprint density at radius 2 is 1.41 bits per heavy atom. The van der Waals surface area contributed by atoms with Gasteiger partial charge in [0.05, 0.1) is 12.8 Å². The Hall–Kier alpha value is -0.330. The van der Waals surface area contributed by atoms with Crippen LogP contribution in [0, 0.1) is 0 Å². The standard InChI is InChI=1S/C6H10O13P2.Na.H/c7-3(8)1-6(5(10)11,19-21(15,16)17)2-4(9)18-20(12,13)14;;/h1-2H2,(H,7,8)(H,10,11)(H2,12,13,14)(H2,15,16,17);;/q;+1;-1. The first-order valence-electron chi connectivity index (χ1n) is 4.66. The smallest absolute Gasteiger partial charge is 1.00 e. The normalized spacial score (nSPS) is 14.4. The Bertz CT molecular complexity index is 539. The van der Waals surface area contributed by atoms with Crippen LogP contribution in [0.1, 0.15) is 14.3 Å². The minimum absolute atomic E-state index is 0. The van der Waals surface area contributed by atoms with Gasteiger partial charge in [-0.05, 0) is 0 Å². The number of carboxylic acids is 2. The van der Waals surface area contributed by atoms with Crippen LogP contribution in [0.2, 0.25) is 0 Å². The van der Waals surface area contributed by atoms with Gasteiger partial charge in [0.1, 0.15) is 0 Å². The summed E-state index contributed by atoms with van der Waals surface area (Å²) in [7, 11) is -10.9. The van der Waals surface area contributed by atoms with Crippen LogP contribution in [0.25, 0.3) is 0 Å². The molecule has 0 rings (SSSR count). The van der Waals surface area contributed by atoms with Crippen LogP contribution in [0.3, 0.4) is 0 Å². The second kappa shape index (κ2) is 8.50. The third-order valence-corrected chi connectivity index (χ3v) is 2.80. The molecule has 0 aliphatic rings. The summed E-state index contributed by atoms with van der Waals surface area (Å²) in [6.07, 6.45) is -3.24. The van der Waals surface area contributed by atoms with E-state index in [2.05, 4.69) is 9.05 Å². The molecule has 0 aromatic carbocycles. The van der Waals surface area contributed by atoms with Gasteiger partial charge >= 0.3 is 63.1 Å². The Kier molecular flexibility index (Phi) is 9.25. The molecular weight excluding hydrogens is 365 g/mol. The van der Waals surface area contributed by atoms with E-state index in [1.165, 1.54) is 0 Å². The average molecular weight is 376 g/mol. The molecule has 16 heteroatoms. The quantitative estimate of drug-likeness (QED) is 0.174. The number of phosphoric acid groups is 2. The summed E-state index contributed by atoms with van der Waals surface area (Å²) in [6.45, 7) is 0. The zero-order valence-corrected chi connectivity index (χ0v) is 14.6. The molecule has 13 nitrogen and oxygen atoms in total. The molecule has 0 radical (unpaired) electrons. The summed E-state index contributed by atoms with van der Waals surface area (Å²) in [5.74, 6) is -6.09. The predicted octanol–water partition coefficient (Wildman–Crippen LogP) is -4.46. The van der Waals surface area contributed by atoms with E-state index in [0.717, 1.165) is 0 Å². The van der Waals surface area contributed by atoms with Crippen LogP contribution < -0.4 is 29.6 Å². The first kappa shape index (κ1) is 23.9. The van der Waals surface area contributed by atoms with E-state index < -0.39 is 52.0 Å². The largest absolute Gasteiger partial charge is 1.00 e. The molecule has 0 amide bonds. The molecular formula is C6H11NaO13P2. The van der Waals surface area contributed by atoms with E-state index in [4.69, 9.17) is 29.8 Å². The molecule has 0 bridgehead atoms. The summed E-state index contributed by atoms with van der Waals surface area (Å²) in [5.41, 5.74) is -3.27. The summed E-state index contributed by atoms with van der Waals surface area (Å²) >= 11 is 0. The first-order chi connectivity index (χ1) is 9.17. The van der Waals surface area contributed by atoms with E-state index in [0.29, 0.717) is 0 Å². The molecule has 0 fully saturated rings. The van der Waals surface area contributed by atoms with Gasteiger partial charge in [0.25, 0.3) is 0 Å². The second-order valence-electron chi connectivity index (χ2n) is 3.58. The molecule has 0 aromatic rings. The van der Waals surface area contributed by atoms with E-state index in [-0.39, 0.29) is 31.0 Å². The zero-order chi connectivity index (χ0) is 17.1. The molecule has 0 saturated carbocycles. The summed E-state index contributed by atoms with van der Waals surface area (Å²) in [4.78, 5) is 66.6. The van der Waals surface area contributed by atoms with Crippen molar-refractivity contribution in [3.05, 3.63) is 0 Å². The fraction of sp³-hybridized carbons (Fsp3) is 0.500.